The molecule has 2 bridgehead atoms. The number of nitrogens with zero attached hydrogens (tertiary/aromatic N) is 2. The molecule has 4 heterocycles. The molecule has 0 radical (unpaired) electrons. The number of fused-ring (bicyclic) bond motifs is 5. The Morgan fingerprint density at radius 3 is 2.78 bits per heavy atom. The molecule has 124 valence electrons. The smallest absolute Gasteiger partial charge is 0.219 e. The third kappa shape index (κ3) is 3.02. The molecule has 1 amide bonds. The number of ether oxygens (including phenoxy) is 2. The number of benzene rings is 1. The molecule has 1 aromatic carbocycles. The van der Waals surface area contributed by atoms with Gasteiger partial charge in [0.15, 0.2) is 11.5 Å². The molecule has 3 saturated heterocycles. The topological polar surface area (TPSA) is 42.0 Å². The molecule has 0 aromatic heterocycles. The molecule has 3 fully saturated rings. The predicted molar refractivity (Wildman–Crippen MR) is 86.6 cm³/mol. The highest BCUT2D eigenvalue weighted by molar-refractivity contribution is 5.73. The van der Waals surface area contributed by atoms with Crippen molar-refractivity contribution in [3.8, 4) is 11.5 Å². The Bertz CT molecular complexity index is 604. The van der Waals surface area contributed by atoms with Gasteiger partial charge in [-0.1, -0.05) is 6.07 Å². The van der Waals surface area contributed by atoms with E-state index in [1.807, 2.05) is 11.0 Å². The summed E-state index contributed by atoms with van der Waals surface area (Å²) in [4.78, 5) is 16.4. The van der Waals surface area contributed by atoms with Crippen LogP contribution in [0.25, 0.3) is 0 Å². The summed E-state index contributed by atoms with van der Waals surface area (Å²) in [5.41, 5.74) is 1.26. The van der Waals surface area contributed by atoms with Crippen LogP contribution in [0.4, 0.5) is 0 Å². The lowest BCUT2D eigenvalue weighted by Crippen LogP contribution is -2.43. The largest absolute Gasteiger partial charge is 0.486 e. The first kappa shape index (κ1) is 14.8. The minimum absolute atomic E-state index is 0.211. The average molecular weight is 316 g/mol. The molecular weight excluding hydrogens is 292 g/mol. The molecule has 5 rings (SSSR count). The van der Waals surface area contributed by atoms with Crippen LogP contribution in [-0.2, 0) is 11.3 Å². The second kappa shape index (κ2) is 6.04. The molecule has 1 aromatic rings. The summed E-state index contributed by atoms with van der Waals surface area (Å²) in [5, 5.41) is 0. The summed E-state index contributed by atoms with van der Waals surface area (Å²) < 4.78 is 11.3. The van der Waals surface area contributed by atoms with Crippen LogP contribution in [0.3, 0.4) is 0 Å². The maximum Gasteiger partial charge on any atom is 0.219 e. The molecule has 0 aliphatic carbocycles. The number of rotatable bonds is 2. The minimum atomic E-state index is 0.211. The van der Waals surface area contributed by atoms with Crippen LogP contribution in [0.5, 0.6) is 11.5 Å². The first-order chi connectivity index (χ1) is 11.2. The third-order valence-electron chi connectivity index (χ3n) is 5.26. The fraction of sp³-hybridized carbons (Fsp3) is 0.611. The molecule has 0 unspecified atom stereocenters. The maximum atomic E-state index is 11.8. The van der Waals surface area contributed by atoms with Crippen molar-refractivity contribution in [1.82, 2.24) is 9.80 Å². The fourth-order valence-electron chi connectivity index (χ4n) is 4.05. The van der Waals surface area contributed by atoms with Crippen LogP contribution < -0.4 is 9.47 Å². The van der Waals surface area contributed by atoms with Gasteiger partial charge in [-0.15, -0.1) is 0 Å². The summed E-state index contributed by atoms with van der Waals surface area (Å²) >= 11 is 0. The Balaban J connectivity index is 1.49. The lowest BCUT2D eigenvalue weighted by Gasteiger charge is -2.36. The summed E-state index contributed by atoms with van der Waals surface area (Å²) in [6.07, 6.45) is 2.44. The second-order valence-electron chi connectivity index (χ2n) is 6.93. The SMILES string of the molecule is CC(=O)N1C[C@@H]2CC[C@H](C1)N(Cc1ccc3c(c1)OCCO3)C2. The third-order valence-corrected chi connectivity index (χ3v) is 5.26. The molecule has 0 N–H and O–H groups in total. The van der Waals surface area contributed by atoms with Crippen LogP contribution in [0.2, 0.25) is 0 Å². The normalized spacial score (nSPS) is 26.9. The lowest BCUT2D eigenvalue weighted by atomic mass is 9.94. The monoisotopic (exact) mass is 316 g/mol. The van der Waals surface area contributed by atoms with Gasteiger partial charge in [-0.05, 0) is 36.5 Å². The van der Waals surface area contributed by atoms with E-state index < -0.39 is 0 Å². The van der Waals surface area contributed by atoms with Crippen molar-refractivity contribution in [3.05, 3.63) is 23.8 Å². The zero-order chi connectivity index (χ0) is 15.8. The summed E-state index contributed by atoms with van der Waals surface area (Å²) in [7, 11) is 0. The quantitative estimate of drug-likeness (QED) is 0.836. The van der Waals surface area contributed by atoms with Crippen molar-refractivity contribution in [3.63, 3.8) is 0 Å². The number of amides is 1. The van der Waals surface area contributed by atoms with Gasteiger partial charge < -0.3 is 14.4 Å². The number of carbonyl (C=O) groups is 1. The fourth-order valence-corrected chi connectivity index (χ4v) is 4.05. The second-order valence-corrected chi connectivity index (χ2v) is 6.93. The summed E-state index contributed by atoms with van der Waals surface area (Å²) in [6.45, 7) is 6.74. The number of hydrogen-bond donors (Lipinski definition) is 0. The Labute approximate surface area is 137 Å². The van der Waals surface area contributed by atoms with Crippen molar-refractivity contribution in [2.75, 3.05) is 32.8 Å². The highest BCUT2D eigenvalue weighted by Gasteiger charge is 2.35. The van der Waals surface area contributed by atoms with E-state index in [0.717, 1.165) is 37.7 Å². The van der Waals surface area contributed by atoms with Crippen molar-refractivity contribution in [2.24, 2.45) is 5.92 Å². The van der Waals surface area contributed by atoms with Crippen LogP contribution in [-0.4, -0.2) is 54.6 Å². The van der Waals surface area contributed by atoms with Crippen LogP contribution >= 0.6 is 0 Å². The van der Waals surface area contributed by atoms with Crippen molar-refractivity contribution >= 4 is 5.91 Å². The molecule has 5 nitrogen and oxygen atoms in total. The van der Waals surface area contributed by atoms with E-state index in [-0.39, 0.29) is 5.91 Å². The summed E-state index contributed by atoms with van der Waals surface area (Å²) in [5.74, 6) is 2.53. The van der Waals surface area contributed by atoms with Gasteiger partial charge in [-0.25, -0.2) is 0 Å². The number of piperidine rings is 1. The molecule has 23 heavy (non-hydrogen) atoms. The molecule has 4 aliphatic heterocycles. The summed E-state index contributed by atoms with van der Waals surface area (Å²) in [6, 6.07) is 6.73. The van der Waals surface area contributed by atoms with Gasteiger partial charge in [-0.3, -0.25) is 9.69 Å². The molecule has 2 atom stereocenters. The van der Waals surface area contributed by atoms with E-state index in [1.165, 1.54) is 18.4 Å². The van der Waals surface area contributed by atoms with E-state index in [9.17, 15) is 4.79 Å². The first-order valence-corrected chi connectivity index (χ1v) is 8.57. The zero-order valence-corrected chi connectivity index (χ0v) is 13.7. The predicted octanol–water partition coefficient (Wildman–Crippen LogP) is 1.90. The molecule has 4 aliphatic rings. The maximum absolute atomic E-state index is 11.8. The minimum Gasteiger partial charge on any atom is -0.486 e. The van der Waals surface area contributed by atoms with Crippen LogP contribution in [0.15, 0.2) is 18.2 Å². The van der Waals surface area contributed by atoms with Gasteiger partial charge in [-0.2, -0.15) is 0 Å². The van der Waals surface area contributed by atoms with Gasteiger partial charge in [0.1, 0.15) is 13.2 Å². The van der Waals surface area contributed by atoms with Gasteiger partial charge in [0.2, 0.25) is 5.91 Å². The van der Waals surface area contributed by atoms with Gasteiger partial charge in [0.25, 0.3) is 0 Å². The lowest BCUT2D eigenvalue weighted by molar-refractivity contribution is -0.129. The molecule has 0 spiro atoms. The van der Waals surface area contributed by atoms with Crippen molar-refractivity contribution < 1.29 is 14.3 Å². The zero-order valence-electron chi connectivity index (χ0n) is 13.7. The number of carbonyl (C=O) groups excluding carboxylic acids is 1. The Morgan fingerprint density at radius 2 is 1.96 bits per heavy atom. The van der Waals surface area contributed by atoms with Crippen molar-refractivity contribution in [2.45, 2.75) is 32.4 Å². The average Bonchev–Trinajstić information content (AvgIpc) is 2.87. The highest BCUT2D eigenvalue weighted by atomic mass is 16.6. The van der Waals surface area contributed by atoms with Gasteiger partial charge in [0, 0.05) is 39.1 Å². The number of hydrogen-bond acceptors (Lipinski definition) is 4. The van der Waals surface area contributed by atoms with Crippen molar-refractivity contribution in [1.29, 1.82) is 0 Å². The van der Waals surface area contributed by atoms with Gasteiger partial charge in [0.05, 0.1) is 0 Å². The van der Waals surface area contributed by atoms with E-state index >= 15 is 0 Å². The standard InChI is InChI=1S/C18H24N2O3/c1-13(21)19-10-15-2-4-16(12-19)20(11-15)9-14-3-5-17-18(8-14)23-7-6-22-17/h3,5,8,15-16H,2,4,6-7,9-12H2,1H3/t15-,16+/m0/s1. The Kier molecular flexibility index (Phi) is 3.89. The Morgan fingerprint density at radius 1 is 1.13 bits per heavy atom. The van der Waals surface area contributed by atoms with E-state index in [4.69, 9.17) is 9.47 Å². The van der Waals surface area contributed by atoms with E-state index in [0.29, 0.717) is 25.2 Å². The Hall–Kier alpha value is -1.75. The van der Waals surface area contributed by atoms with E-state index in [2.05, 4.69) is 17.0 Å². The molecule has 5 heteroatoms. The van der Waals surface area contributed by atoms with E-state index in [1.54, 1.807) is 6.92 Å². The first-order valence-electron chi connectivity index (χ1n) is 8.57. The molecule has 0 saturated carbocycles. The van der Waals surface area contributed by atoms with Crippen LogP contribution in [0.1, 0.15) is 25.3 Å². The highest BCUT2D eigenvalue weighted by Crippen LogP contribution is 2.33. The van der Waals surface area contributed by atoms with Crippen LogP contribution in [0, 0.1) is 5.92 Å². The van der Waals surface area contributed by atoms with Gasteiger partial charge >= 0.3 is 0 Å². The molecular formula is C18H24N2O3.